The van der Waals surface area contributed by atoms with Gasteiger partial charge in [-0.2, -0.15) is 8.42 Å². The van der Waals surface area contributed by atoms with Crippen LogP contribution in [-0.2, 0) is 14.6 Å². The van der Waals surface area contributed by atoms with Gasteiger partial charge in [0.1, 0.15) is 12.6 Å². The first-order valence-corrected chi connectivity index (χ1v) is 8.01. The number of hydroxylamine groups is 1. The van der Waals surface area contributed by atoms with Crippen LogP contribution in [0, 0.1) is 5.21 Å². The van der Waals surface area contributed by atoms with Crippen LogP contribution < -0.4 is 16.8 Å². The van der Waals surface area contributed by atoms with Gasteiger partial charge in [-0.15, -0.1) is 0 Å². The molecule has 0 bridgehead atoms. The van der Waals surface area contributed by atoms with Crippen LogP contribution in [0.2, 0.25) is 0 Å². The molecule has 3 aliphatic rings. The molecule has 3 rings (SSSR count). The minimum atomic E-state index is -5.05. The number of rotatable bonds is 3. The van der Waals surface area contributed by atoms with Gasteiger partial charge in [0.15, 0.2) is 18.1 Å². The molecule has 0 aromatic carbocycles. The third kappa shape index (κ3) is 1.96. The predicted molar refractivity (Wildman–Crippen MR) is 75.3 cm³/mol. The van der Waals surface area contributed by atoms with Gasteiger partial charge in [-0.1, -0.05) is 0 Å². The smallest absolute Gasteiger partial charge is 0.397 e. The summed E-state index contributed by atoms with van der Waals surface area (Å²) in [7, 11) is -5.05. The van der Waals surface area contributed by atoms with Gasteiger partial charge in [0, 0.05) is 0 Å². The van der Waals surface area contributed by atoms with E-state index in [2.05, 4.69) is 14.5 Å². The van der Waals surface area contributed by atoms with E-state index in [9.17, 15) is 28.9 Å². The number of nitrogens with zero attached hydrogens (tertiary/aromatic N) is 3. The van der Waals surface area contributed by atoms with Crippen LogP contribution in [0.25, 0.3) is 0 Å². The minimum absolute atomic E-state index is 0.207. The molecule has 9 N–H and O–H groups in total. The van der Waals surface area contributed by atoms with E-state index in [0.29, 0.717) is 0 Å². The normalized spacial score (nSPS) is 37.8. The van der Waals surface area contributed by atoms with Gasteiger partial charge in [-0.05, 0) is 0 Å². The van der Waals surface area contributed by atoms with Crippen molar-refractivity contribution in [3.8, 4) is 0 Å². The number of aliphatic hydroxyl groups is 3. The van der Waals surface area contributed by atoms with Crippen molar-refractivity contribution in [2.45, 2.75) is 29.6 Å². The van der Waals surface area contributed by atoms with Crippen molar-refractivity contribution in [3.05, 3.63) is 5.21 Å². The molecule has 0 amide bonds. The second-order valence-corrected chi connectivity index (χ2v) is 6.68. The van der Waals surface area contributed by atoms with Gasteiger partial charge >= 0.3 is 16.4 Å². The van der Waals surface area contributed by atoms with Gasteiger partial charge in [0.25, 0.3) is 5.79 Å². The Kier molecular flexibility index (Phi) is 3.39. The zero-order chi connectivity index (χ0) is 18.1. The zero-order valence-corrected chi connectivity index (χ0v) is 12.8. The number of aliphatic imine (C=N–C) groups is 1. The van der Waals surface area contributed by atoms with Crippen molar-refractivity contribution >= 4 is 22.3 Å². The van der Waals surface area contributed by atoms with Crippen molar-refractivity contribution in [2.75, 3.05) is 13.2 Å². The molecule has 1 saturated heterocycles. The lowest BCUT2D eigenvalue weighted by molar-refractivity contribution is -0.530. The molecule has 3 aliphatic heterocycles. The van der Waals surface area contributed by atoms with E-state index >= 15 is 0 Å². The second-order valence-electron chi connectivity index (χ2n) is 5.63. The van der Waals surface area contributed by atoms with Crippen LogP contribution in [0.4, 0.5) is 0 Å². The highest BCUT2D eigenvalue weighted by molar-refractivity contribution is 7.80. The summed E-state index contributed by atoms with van der Waals surface area (Å²) in [5.74, 6) is -3.83. The Bertz CT molecular complexity index is 736. The largest absolute Gasteiger partial charge is 0.744 e. The Balaban J connectivity index is 2.16. The van der Waals surface area contributed by atoms with Gasteiger partial charge in [-0.25, -0.2) is 14.1 Å². The van der Waals surface area contributed by atoms with Crippen LogP contribution >= 0.6 is 0 Å². The van der Waals surface area contributed by atoms with Crippen molar-refractivity contribution in [1.82, 2.24) is 10.2 Å². The Morgan fingerprint density at radius 1 is 1.50 bits per heavy atom. The molecule has 0 aromatic heterocycles. The third-order valence-electron chi connectivity index (χ3n) is 4.40. The first kappa shape index (κ1) is 16.9. The molecule has 0 radical (unpaired) electrons. The summed E-state index contributed by atoms with van der Waals surface area (Å²) in [6.45, 7) is -1.34. The van der Waals surface area contributed by atoms with E-state index in [1.807, 2.05) is 0 Å². The van der Waals surface area contributed by atoms with Gasteiger partial charge in [-0.3, -0.25) is 15.0 Å². The number of guanidine groups is 2. The van der Waals surface area contributed by atoms with Crippen molar-refractivity contribution in [2.24, 2.45) is 16.5 Å². The van der Waals surface area contributed by atoms with Crippen molar-refractivity contribution < 1.29 is 37.2 Å². The highest BCUT2D eigenvalue weighted by Crippen LogP contribution is 2.45. The van der Waals surface area contributed by atoms with Crippen LogP contribution in [-0.4, -0.2) is 92.6 Å². The highest BCUT2D eigenvalue weighted by atomic mass is 32.3. The van der Waals surface area contributed by atoms with Crippen molar-refractivity contribution in [1.29, 1.82) is 0 Å². The number of hydrogen-bond acceptors (Lipinski definition) is 12. The summed E-state index contributed by atoms with van der Waals surface area (Å²) in [5, 5.41) is 45.2. The quantitative estimate of drug-likeness (QED) is 0.107. The zero-order valence-electron chi connectivity index (χ0n) is 12.0. The van der Waals surface area contributed by atoms with Gasteiger partial charge in [0.2, 0.25) is 5.66 Å². The molecular formula is C9H16N6O8S. The number of nitrogens with one attached hydrogen (secondary N) is 1. The summed E-state index contributed by atoms with van der Waals surface area (Å²) in [4.78, 5) is 4.82. The Morgan fingerprint density at radius 3 is 2.67 bits per heavy atom. The SMILES string of the molecule is NC1=N[C@H]2[C@H](CO)[N+]([O-])=C(N)N3C[C@H](OS(=O)(=O)O)C(O)(O)C23N1. The minimum Gasteiger partial charge on any atom is -0.744 e. The van der Waals surface area contributed by atoms with Crippen LogP contribution in [0.3, 0.4) is 0 Å². The topological polar surface area (TPSA) is 230 Å². The first-order chi connectivity index (χ1) is 11.0. The third-order valence-corrected chi connectivity index (χ3v) is 4.88. The molecule has 15 heteroatoms. The molecule has 0 aliphatic carbocycles. The fraction of sp³-hybridized carbons (Fsp3) is 0.778. The lowest BCUT2D eigenvalue weighted by Crippen LogP contribution is -2.79. The summed E-state index contributed by atoms with van der Waals surface area (Å²) in [6, 6.07) is -2.64. The Hall–Kier alpha value is -1.91. The van der Waals surface area contributed by atoms with Crippen molar-refractivity contribution in [3.63, 3.8) is 0 Å². The molecule has 3 heterocycles. The maximum absolute atomic E-state index is 12.2. The summed E-state index contributed by atoms with van der Waals surface area (Å²) < 4.78 is 35.3. The average molecular weight is 368 g/mol. The summed E-state index contributed by atoms with van der Waals surface area (Å²) >= 11 is 0. The molecule has 1 unspecified atom stereocenters. The predicted octanol–water partition coefficient (Wildman–Crippen LogP) is -5.65. The average Bonchev–Trinajstić information content (AvgIpc) is 2.89. The van der Waals surface area contributed by atoms with E-state index in [1.165, 1.54) is 0 Å². The molecule has 136 valence electrons. The Morgan fingerprint density at radius 2 is 2.12 bits per heavy atom. The van der Waals surface area contributed by atoms with Gasteiger partial charge in [0.05, 0.1) is 6.61 Å². The van der Waals surface area contributed by atoms with E-state index in [-0.39, 0.29) is 10.7 Å². The molecule has 0 saturated carbocycles. The van der Waals surface area contributed by atoms with E-state index < -0.39 is 59.1 Å². The summed E-state index contributed by atoms with van der Waals surface area (Å²) in [6.07, 6.45) is -1.92. The molecule has 1 spiro atoms. The van der Waals surface area contributed by atoms with Crippen LogP contribution in [0.1, 0.15) is 0 Å². The number of nitrogens with two attached hydrogens (primary N) is 2. The van der Waals surface area contributed by atoms with Gasteiger partial charge < -0.3 is 31.6 Å². The lowest BCUT2D eigenvalue weighted by Gasteiger charge is -2.47. The van der Waals surface area contributed by atoms with E-state index in [4.69, 9.17) is 16.0 Å². The molecule has 4 atom stereocenters. The standard InChI is InChI=1S/C9H16N6O8S/c10-6-12-5-3(2-16)15(19)7(11)14-1-4(23-24(20,21)22)9(17,18)8(5,14)13-6/h3-5,16-18H,1-2,11H2,(H3,10,12,13)(H,20,21,22)/t3-,4-,5-,8?/m0/s1. The fourth-order valence-electron chi connectivity index (χ4n) is 3.44. The van der Waals surface area contributed by atoms with Crippen LogP contribution in [0.15, 0.2) is 4.99 Å². The molecule has 0 aromatic rings. The van der Waals surface area contributed by atoms with E-state index in [0.717, 1.165) is 4.90 Å². The number of aliphatic hydroxyl groups excluding tert-OH is 1. The molecule has 14 nitrogen and oxygen atoms in total. The monoisotopic (exact) mass is 368 g/mol. The molecule has 24 heavy (non-hydrogen) atoms. The maximum atomic E-state index is 12.2. The molecular weight excluding hydrogens is 352 g/mol. The molecule has 1 fully saturated rings. The Labute approximate surface area is 135 Å². The summed E-state index contributed by atoms with van der Waals surface area (Å²) in [5.41, 5.74) is 9.21. The first-order valence-electron chi connectivity index (χ1n) is 6.65. The van der Waals surface area contributed by atoms with Crippen LogP contribution in [0.5, 0.6) is 0 Å². The lowest BCUT2D eigenvalue weighted by atomic mass is 9.86. The highest BCUT2D eigenvalue weighted by Gasteiger charge is 2.78. The second kappa shape index (κ2) is 4.80. The maximum Gasteiger partial charge on any atom is 0.397 e. The number of hydrogen-bond donors (Lipinski definition) is 7. The van der Waals surface area contributed by atoms with E-state index in [1.54, 1.807) is 0 Å². The fourth-order valence-corrected chi connectivity index (χ4v) is 3.93.